The van der Waals surface area contributed by atoms with Gasteiger partial charge in [-0.05, 0) is 60.8 Å². The van der Waals surface area contributed by atoms with E-state index in [9.17, 15) is 4.79 Å². The second kappa shape index (κ2) is 7.88. The van der Waals surface area contributed by atoms with Gasteiger partial charge in [0.25, 0.3) is 0 Å². The van der Waals surface area contributed by atoms with Crippen molar-refractivity contribution < 1.29 is 4.79 Å². The fourth-order valence-corrected chi connectivity index (χ4v) is 6.57. The predicted molar refractivity (Wildman–Crippen MR) is 120 cm³/mol. The first kappa shape index (κ1) is 19.3. The highest BCUT2D eigenvalue weighted by molar-refractivity contribution is 9.10. The van der Waals surface area contributed by atoms with Crippen molar-refractivity contribution in [3.63, 3.8) is 0 Å². The molecule has 3 aliphatic rings. The molecule has 152 valence electrons. The number of likely N-dealkylation sites (tertiary alicyclic amines) is 1. The Hall–Kier alpha value is -1.65. The smallest absolute Gasteiger partial charge is 0.227 e. The van der Waals surface area contributed by atoms with Crippen LogP contribution >= 0.6 is 15.9 Å². The molecule has 0 saturated carbocycles. The molecule has 2 unspecified atom stereocenters. The molecule has 0 radical (unpaired) electrons. The molecular formula is C25H29BrN2O. The zero-order valence-corrected chi connectivity index (χ0v) is 18.5. The molecule has 2 aliphatic heterocycles. The number of hydrogen-bond donors (Lipinski definition) is 1. The summed E-state index contributed by atoms with van der Waals surface area (Å²) in [5.41, 5.74) is 4.21. The third-order valence-corrected chi connectivity index (χ3v) is 8.28. The van der Waals surface area contributed by atoms with Crippen LogP contribution in [0.4, 0.5) is 0 Å². The molecule has 2 saturated heterocycles. The van der Waals surface area contributed by atoms with Crippen LogP contribution in [0.15, 0.2) is 53.0 Å². The van der Waals surface area contributed by atoms with Crippen LogP contribution in [-0.4, -0.2) is 37.0 Å². The first-order valence-corrected chi connectivity index (χ1v) is 11.8. The SMILES string of the molecule is O=C(C1CNCC12CCCc1c(Br)cccc12)N1CCC(c2ccccc2)CC1. The maximum absolute atomic E-state index is 13.7. The normalized spacial score (nSPS) is 27.2. The summed E-state index contributed by atoms with van der Waals surface area (Å²) in [6, 6.07) is 17.3. The molecule has 29 heavy (non-hydrogen) atoms. The monoisotopic (exact) mass is 452 g/mol. The first-order valence-electron chi connectivity index (χ1n) is 11.0. The summed E-state index contributed by atoms with van der Waals surface area (Å²) in [7, 11) is 0. The number of halogens is 1. The minimum Gasteiger partial charge on any atom is -0.342 e. The van der Waals surface area contributed by atoms with Crippen LogP contribution < -0.4 is 5.32 Å². The van der Waals surface area contributed by atoms with Crippen molar-refractivity contribution in [3.8, 4) is 0 Å². The Bertz CT molecular complexity index is 891. The van der Waals surface area contributed by atoms with Gasteiger partial charge < -0.3 is 10.2 Å². The molecule has 2 aromatic carbocycles. The van der Waals surface area contributed by atoms with Gasteiger partial charge in [0.05, 0.1) is 5.92 Å². The molecule has 1 amide bonds. The van der Waals surface area contributed by atoms with Crippen LogP contribution in [0.25, 0.3) is 0 Å². The quantitative estimate of drug-likeness (QED) is 0.718. The topological polar surface area (TPSA) is 32.3 Å². The third-order valence-electron chi connectivity index (χ3n) is 7.54. The Morgan fingerprint density at radius 1 is 1.07 bits per heavy atom. The molecule has 5 rings (SSSR count). The molecule has 2 fully saturated rings. The second-order valence-corrected chi connectivity index (χ2v) is 9.82. The maximum atomic E-state index is 13.7. The van der Waals surface area contributed by atoms with E-state index in [0.29, 0.717) is 11.8 Å². The summed E-state index contributed by atoms with van der Waals surface area (Å²) in [6.45, 7) is 3.50. The highest BCUT2D eigenvalue weighted by Crippen LogP contribution is 2.47. The maximum Gasteiger partial charge on any atom is 0.227 e. The van der Waals surface area contributed by atoms with E-state index in [1.54, 1.807) is 0 Å². The summed E-state index contributed by atoms with van der Waals surface area (Å²) in [5.74, 6) is 1.01. The number of piperidine rings is 1. The van der Waals surface area contributed by atoms with Crippen LogP contribution in [0.1, 0.15) is 48.3 Å². The largest absolute Gasteiger partial charge is 0.342 e. The van der Waals surface area contributed by atoms with E-state index < -0.39 is 0 Å². The van der Waals surface area contributed by atoms with E-state index in [1.807, 2.05) is 0 Å². The average Bonchev–Trinajstić information content (AvgIpc) is 3.19. The molecule has 3 nitrogen and oxygen atoms in total. The lowest BCUT2D eigenvalue weighted by molar-refractivity contribution is -0.138. The summed E-state index contributed by atoms with van der Waals surface area (Å²) >= 11 is 3.76. The number of benzene rings is 2. The van der Waals surface area contributed by atoms with Crippen molar-refractivity contribution in [2.75, 3.05) is 26.2 Å². The van der Waals surface area contributed by atoms with Crippen LogP contribution in [0.5, 0.6) is 0 Å². The number of hydrogen-bond acceptors (Lipinski definition) is 2. The second-order valence-electron chi connectivity index (χ2n) is 8.97. The number of nitrogens with zero attached hydrogens (tertiary/aromatic N) is 1. The summed E-state index contributed by atoms with van der Waals surface area (Å²) in [4.78, 5) is 15.8. The zero-order chi connectivity index (χ0) is 19.8. The van der Waals surface area contributed by atoms with Crippen LogP contribution in [0, 0.1) is 5.92 Å². The standard InChI is InChI=1S/C25H29BrN2O/c26-23-10-4-9-21-20(23)8-5-13-25(21)17-27-16-22(25)24(29)28-14-11-19(12-15-28)18-6-2-1-3-7-18/h1-4,6-7,9-10,19,22,27H,5,8,11-17H2. The van der Waals surface area contributed by atoms with Gasteiger partial charge in [0.15, 0.2) is 0 Å². The lowest BCUT2D eigenvalue weighted by Gasteiger charge is -2.42. The highest BCUT2D eigenvalue weighted by atomic mass is 79.9. The van der Waals surface area contributed by atoms with Gasteiger partial charge in [-0.1, -0.05) is 58.4 Å². The third kappa shape index (κ3) is 3.34. The number of carbonyl (C=O) groups excluding carboxylic acids is 1. The van der Waals surface area contributed by atoms with Gasteiger partial charge in [-0.3, -0.25) is 4.79 Å². The van der Waals surface area contributed by atoms with Crippen molar-refractivity contribution in [2.24, 2.45) is 5.92 Å². The minimum atomic E-state index is -0.0370. The van der Waals surface area contributed by atoms with Crippen LogP contribution in [-0.2, 0) is 16.6 Å². The van der Waals surface area contributed by atoms with Crippen LogP contribution in [0.3, 0.4) is 0 Å². The predicted octanol–water partition coefficient (Wildman–Crippen LogP) is 4.65. The number of nitrogens with one attached hydrogen (secondary N) is 1. The van der Waals surface area contributed by atoms with Gasteiger partial charge in [-0.15, -0.1) is 0 Å². The molecule has 2 atom stereocenters. The molecule has 1 N–H and O–H groups in total. The molecule has 1 aliphatic carbocycles. The van der Waals surface area contributed by atoms with Gasteiger partial charge in [0, 0.05) is 36.1 Å². The molecular weight excluding hydrogens is 424 g/mol. The number of rotatable bonds is 2. The van der Waals surface area contributed by atoms with E-state index in [0.717, 1.165) is 58.3 Å². The average molecular weight is 453 g/mol. The van der Waals surface area contributed by atoms with Crippen molar-refractivity contribution in [3.05, 3.63) is 69.7 Å². The van der Waals surface area contributed by atoms with Gasteiger partial charge in [0.1, 0.15) is 0 Å². The lowest BCUT2D eigenvalue weighted by atomic mass is 9.64. The Morgan fingerprint density at radius 3 is 2.66 bits per heavy atom. The van der Waals surface area contributed by atoms with E-state index in [1.165, 1.54) is 21.2 Å². The van der Waals surface area contributed by atoms with Crippen molar-refractivity contribution in [2.45, 2.75) is 43.4 Å². The summed E-state index contributed by atoms with van der Waals surface area (Å²) in [5, 5.41) is 3.59. The first-order chi connectivity index (χ1) is 14.2. The van der Waals surface area contributed by atoms with Crippen molar-refractivity contribution >= 4 is 21.8 Å². The minimum absolute atomic E-state index is 0.0370. The zero-order valence-electron chi connectivity index (χ0n) is 16.9. The molecule has 4 heteroatoms. The fourth-order valence-electron chi connectivity index (χ4n) is 6.00. The summed E-state index contributed by atoms with van der Waals surface area (Å²) < 4.78 is 1.20. The molecule has 2 aromatic rings. The Labute approximate surface area is 182 Å². The molecule has 0 aromatic heterocycles. The number of amides is 1. The highest BCUT2D eigenvalue weighted by Gasteiger charge is 2.51. The lowest BCUT2D eigenvalue weighted by Crippen LogP contribution is -2.49. The molecule has 0 bridgehead atoms. The van der Waals surface area contributed by atoms with Gasteiger partial charge in [-0.2, -0.15) is 0 Å². The van der Waals surface area contributed by atoms with Crippen molar-refractivity contribution in [1.29, 1.82) is 0 Å². The Kier molecular flexibility index (Phi) is 5.25. The van der Waals surface area contributed by atoms with E-state index in [2.05, 4.69) is 74.7 Å². The molecule has 1 spiro atoms. The van der Waals surface area contributed by atoms with Gasteiger partial charge in [-0.25, -0.2) is 0 Å². The Balaban J connectivity index is 1.35. The van der Waals surface area contributed by atoms with Gasteiger partial charge in [0.2, 0.25) is 5.91 Å². The van der Waals surface area contributed by atoms with Crippen molar-refractivity contribution in [1.82, 2.24) is 10.2 Å². The van der Waals surface area contributed by atoms with Gasteiger partial charge >= 0.3 is 0 Å². The van der Waals surface area contributed by atoms with Crippen LogP contribution in [0.2, 0.25) is 0 Å². The molecule has 2 heterocycles. The van der Waals surface area contributed by atoms with E-state index in [4.69, 9.17) is 0 Å². The fraction of sp³-hybridized carbons (Fsp3) is 0.480. The Morgan fingerprint density at radius 2 is 1.86 bits per heavy atom. The summed E-state index contributed by atoms with van der Waals surface area (Å²) in [6.07, 6.45) is 5.54. The number of fused-ring (bicyclic) bond motifs is 2. The van der Waals surface area contributed by atoms with E-state index in [-0.39, 0.29) is 11.3 Å². The van der Waals surface area contributed by atoms with E-state index >= 15 is 0 Å². The number of carbonyl (C=O) groups is 1.